The Bertz CT molecular complexity index is 1300. The largest absolute Gasteiger partial charge is 0.450 e. The van der Waals surface area contributed by atoms with E-state index in [-0.39, 0.29) is 0 Å². The van der Waals surface area contributed by atoms with E-state index in [1.54, 1.807) is 0 Å². The maximum Gasteiger partial charge on any atom is 0.256 e. The second-order valence-electron chi connectivity index (χ2n) is 8.55. The Labute approximate surface area is 166 Å². The van der Waals surface area contributed by atoms with Crippen LogP contribution >= 0.6 is 0 Å². The van der Waals surface area contributed by atoms with E-state index in [0.29, 0.717) is 5.92 Å². The van der Waals surface area contributed by atoms with Gasteiger partial charge < -0.3 is 4.74 Å². The number of pyridine rings is 1. The Morgan fingerprint density at radius 3 is 2.39 bits per heavy atom. The van der Waals surface area contributed by atoms with Crippen molar-refractivity contribution in [1.29, 1.82) is 0 Å². The molecule has 0 saturated heterocycles. The number of aryl methyl sites for hydroxylation is 3. The van der Waals surface area contributed by atoms with Crippen LogP contribution in [0, 0.1) is 20.8 Å². The summed E-state index contributed by atoms with van der Waals surface area (Å²) in [5.74, 6) is 2.43. The van der Waals surface area contributed by atoms with E-state index < -0.39 is 0 Å². The van der Waals surface area contributed by atoms with Gasteiger partial charge in [0.15, 0.2) is 5.75 Å². The molecule has 0 radical (unpaired) electrons. The smallest absolute Gasteiger partial charge is 0.256 e. The van der Waals surface area contributed by atoms with Crippen molar-refractivity contribution >= 4 is 21.7 Å². The summed E-state index contributed by atoms with van der Waals surface area (Å²) in [6.45, 7) is 11.1. The lowest BCUT2D eigenvalue weighted by atomic mass is 9.89. The van der Waals surface area contributed by atoms with Crippen LogP contribution < -0.4 is 9.30 Å². The third kappa shape index (κ3) is 2.30. The molecule has 1 aliphatic heterocycles. The van der Waals surface area contributed by atoms with Crippen LogP contribution in [-0.4, -0.2) is 0 Å². The number of benzene rings is 3. The number of hydrogen-bond acceptors (Lipinski definition) is 1. The highest BCUT2D eigenvalue weighted by Gasteiger charge is 2.31. The second-order valence-corrected chi connectivity index (χ2v) is 8.55. The minimum atomic E-state index is 0.508. The van der Waals surface area contributed by atoms with Crippen molar-refractivity contribution in [1.82, 2.24) is 0 Å². The Morgan fingerprint density at radius 2 is 1.64 bits per heavy atom. The summed E-state index contributed by atoms with van der Waals surface area (Å²) in [6, 6.07) is 15.7. The number of hydrogen-bond donors (Lipinski definition) is 0. The Morgan fingerprint density at radius 1 is 0.857 bits per heavy atom. The molecule has 0 N–H and O–H groups in total. The van der Waals surface area contributed by atoms with E-state index in [4.69, 9.17) is 4.74 Å². The summed E-state index contributed by atoms with van der Waals surface area (Å²) in [7, 11) is 2.16. The molecule has 28 heavy (non-hydrogen) atoms. The van der Waals surface area contributed by atoms with Crippen LogP contribution in [0.4, 0.5) is 0 Å². The predicted octanol–water partition coefficient (Wildman–Crippen LogP) is 6.64. The molecule has 0 atom stereocenters. The standard InChI is InChI=1S/C26H26NO/c1-14(2)18-7-8-21-19(12-18)13-23-26(27(21)6)24-17(5)16(4)11-20-9-15(3)10-22(28-23)25(20)24/h7-14H,1-6H3/q+1. The molecule has 0 bridgehead atoms. The molecular formula is C26H26NO+. The third-order valence-corrected chi connectivity index (χ3v) is 6.26. The first kappa shape index (κ1) is 17.2. The van der Waals surface area contributed by atoms with E-state index in [9.17, 15) is 0 Å². The molecular weight excluding hydrogens is 342 g/mol. The molecule has 0 fully saturated rings. The van der Waals surface area contributed by atoms with Gasteiger partial charge in [0, 0.05) is 17.5 Å². The highest BCUT2D eigenvalue weighted by atomic mass is 16.5. The number of aromatic nitrogens is 1. The lowest BCUT2D eigenvalue weighted by Crippen LogP contribution is -2.33. The van der Waals surface area contributed by atoms with Gasteiger partial charge in [-0.2, -0.15) is 4.57 Å². The molecule has 0 spiro atoms. The molecule has 5 rings (SSSR count). The monoisotopic (exact) mass is 368 g/mol. The summed E-state index contributed by atoms with van der Waals surface area (Å²) >= 11 is 0. The molecule has 1 aromatic heterocycles. The highest BCUT2D eigenvalue weighted by Crippen LogP contribution is 2.48. The summed E-state index contributed by atoms with van der Waals surface area (Å²) in [6.07, 6.45) is 0. The van der Waals surface area contributed by atoms with E-state index in [1.807, 2.05) is 0 Å². The average Bonchev–Trinajstić information content (AvgIpc) is 2.64. The normalized spacial score (nSPS) is 12.5. The van der Waals surface area contributed by atoms with Crippen LogP contribution in [0.25, 0.3) is 32.9 Å². The summed E-state index contributed by atoms with van der Waals surface area (Å²) in [5, 5.41) is 3.72. The van der Waals surface area contributed by atoms with Crippen LogP contribution in [0.5, 0.6) is 11.5 Å². The van der Waals surface area contributed by atoms with Crippen molar-refractivity contribution in [3.63, 3.8) is 0 Å². The predicted molar refractivity (Wildman–Crippen MR) is 116 cm³/mol. The molecule has 4 aromatic rings. The lowest BCUT2D eigenvalue weighted by molar-refractivity contribution is -0.633. The van der Waals surface area contributed by atoms with Gasteiger partial charge in [0.2, 0.25) is 5.52 Å². The zero-order chi connectivity index (χ0) is 19.7. The Kier molecular flexibility index (Phi) is 3.58. The summed E-state index contributed by atoms with van der Waals surface area (Å²) in [5.41, 5.74) is 8.95. The molecule has 140 valence electrons. The Hall–Kier alpha value is -2.87. The summed E-state index contributed by atoms with van der Waals surface area (Å²) < 4.78 is 8.80. The highest BCUT2D eigenvalue weighted by molar-refractivity contribution is 6.05. The quantitative estimate of drug-likeness (QED) is 0.302. The van der Waals surface area contributed by atoms with Gasteiger partial charge in [-0.3, -0.25) is 0 Å². The van der Waals surface area contributed by atoms with Crippen LogP contribution in [0.1, 0.15) is 42.0 Å². The van der Waals surface area contributed by atoms with Gasteiger partial charge in [0.05, 0.1) is 10.9 Å². The van der Waals surface area contributed by atoms with E-state index in [1.165, 1.54) is 55.2 Å². The number of rotatable bonds is 1. The molecule has 0 unspecified atom stereocenters. The zero-order valence-electron chi connectivity index (χ0n) is 17.5. The molecule has 0 aliphatic carbocycles. The van der Waals surface area contributed by atoms with Crippen LogP contribution in [0.3, 0.4) is 0 Å². The van der Waals surface area contributed by atoms with E-state index in [2.05, 4.69) is 88.7 Å². The first-order chi connectivity index (χ1) is 13.3. The fourth-order valence-corrected chi connectivity index (χ4v) is 4.60. The van der Waals surface area contributed by atoms with Crippen molar-refractivity contribution in [3.8, 4) is 22.8 Å². The first-order valence-corrected chi connectivity index (χ1v) is 10.0. The van der Waals surface area contributed by atoms with Gasteiger partial charge in [-0.25, -0.2) is 0 Å². The molecule has 0 amide bonds. The van der Waals surface area contributed by atoms with Crippen molar-refractivity contribution < 1.29 is 9.30 Å². The van der Waals surface area contributed by atoms with Crippen molar-refractivity contribution in [2.45, 2.75) is 40.5 Å². The fraction of sp³-hybridized carbons (Fsp3) is 0.269. The fourth-order valence-electron chi connectivity index (χ4n) is 4.60. The number of fused-ring (bicyclic) bond motifs is 3. The van der Waals surface area contributed by atoms with Gasteiger partial charge >= 0.3 is 0 Å². The van der Waals surface area contributed by atoms with Gasteiger partial charge in [-0.1, -0.05) is 32.0 Å². The molecule has 3 aromatic carbocycles. The van der Waals surface area contributed by atoms with Gasteiger partial charge in [0.25, 0.3) is 5.69 Å². The van der Waals surface area contributed by atoms with E-state index in [0.717, 1.165) is 11.5 Å². The average molecular weight is 369 g/mol. The molecule has 2 nitrogen and oxygen atoms in total. The summed E-state index contributed by atoms with van der Waals surface area (Å²) in [4.78, 5) is 0. The SMILES string of the molecule is Cc1cc2c3c(c(C)c(C)cc3c1)-c1c(cc3cc(C(C)C)ccc3[n+]1C)O2. The van der Waals surface area contributed by atoms with Crippen LogP contribution in [-0.2, 0) is 7.05 Å². The second kappa shape index (κ2) is 5.81. The van der Waals surface area contributed by atoms with Gasteiger partial charge in [0.1, 0.15) is 12.8 Å². The van der Waals surface area contributed by atoms with E-state index >= 15 is 0 Å². The third-order valence-electron chi connectivity index (χ3n) is 6.26. The molecule has 1 aliphatic rings. The lowest BCUT2D eigenvalue weighted by Gasteiger charge is -2.23. The van der Waals surface area contributed by atoms with Crippen molar-refractivity contribution in [2.75, 3.05) is 0 Å². The van der Waals surface area contributed by atoms with Crippen molar-refractivity contribution in [2.24, 2.45) is 7.05 Å². The molecule has 2 heteroatoms. The zero-order valence-corrected chi connectivity index (χ0v) is 17.5. The minimum Gasteiger partial charge on any atom is -0.450 e. The maximum absolute atomic E-state index is 6.49. The van der Waals surface area contributed by atoms with Gasteiger partial charge in [-0.05, 0) is 66.5 Å². The molecule has 2 heterocycles. The van der Waals surface area contributed by atoms with Crippen molar-refractivity contribution in [3.05, 3.63) is 64.7 Å². The Balaban J connectivity index is 1.93. The van der Waals surface area contributed by atoms with Crippen LogP contribution in [0.2, 0.25) is 0 Å². The first-order valence-electron chi connectivity index (χ1n) is 10.0. The maximum atomic E-state index is 6.49. The number of ether oxygens (including phenoxy) is 1. The number of nitrogens with zero attached hydrogens (tertiary/aromatic N) is 1. The van der Waals surface area contributed by atoms with Crippen LogP contribution in [0.15, 0.2) is 42.5 Å². The van der Waals surface area contributed by atoms with Gasteiger partial charge in [-0.15, -0.1) is 0 Å². The molecule has 0 saturated carbocycles. The minimum absolute atomic E-state index is 0.508. The topological polar surface area (TPSA) is 13.1 Å².